The summed E-state index contributed by atoms with van der Waals surface area (Å²) in [7, 11) is 0. The van der Waals surface area contributed by atoms with Gasteiger partial charge in [-0.1, -0.05) is 40.2 Å². The number of benzene rings is 2. The van der Waals surface area contributed by atoms with Gasteiger partial charge in [-0.3, -0.25) is 19.5 Å². The molecular formula is C29H27BrF6N4O2. The van der Waals surface area contributed by atoms with E-state index in [2.05, 4.69) is 31.1 Å². The van der Waals surface area contributed by atoms with Gasteiger partial charge in [0.2, 0.25) is 5.91 Å². The monoisotopic (exact) mass is 656 g/mol. The van der Waals surface area contributed by atoms with E-state index in [-0.39, 0.29) is 28.4 Å². The van der Waals surface area contributed by atoms with Crippen LogP contribution in [-0.2, 0) is 30.2 Å². The lowest BCUT2D eigenvalue weighted by Crippen LogP contribution is -2.48. The van der Waals surface area contributed by atoms with E-state index in [1.165, 1.54) is 6.20 Å². The molecule has 1 aliphatic heterocycles. The number of amides is 2. The van der Waals surface area contributed by atoms with Crippen molar-refractivity contribution >= 4 is 27.7 Å². The van der Waals surface area contributed by atoms with Crippen molar-refractivity contribution in [2.24, 2.45) is 0 Å². The number of piperazine rings is 1. The van der Waals surface area contributed by atoms with Crippen molar-refractivity contribution in [1.29, 1.82) is 0 Å². The molecule has 2 heterocycles. The van der Waals surface area contributed by atoms with Crippen LogP contribution in [0.4, 0.5) is 26.3 Å². The number of nitrogens with zero attached hydrogens (tertiary/aromatic N) is 3. The topological polar surface area (TPSA) is 65.5 Å². The molecule has 0 unspecified atom stereocenters. The lowest BCUT2D eigenvalue weighted by molar-refractivity contribution is -0.143. The van der Waals surface area contributed by atoms with Gasteiger partial charge in [-0.15, -0.1) is 0 Å². The number of carbonyl (C=O) groups is 2. The third kappa shape index (κ3) is 7.68. The third-order valence-electron chi connectivity index (χ3n) is 6.97. The molecule has 1 saturated heterocycles. The Kier molecular flexibility index (Phi) is 9.61. The van der Waals surface area contributed by atoms with Crippen molar-refractivity contribution < 1.29 is 35.9 Å². The summed E-state index contributed by atoms with van der Waals surface area (Å²) in [6.45, 7) is 4.18. The largest absolute Gasteiger partial charge is 0.416 e. The summed E-state index contributed by atoms with van der Waals surface area (Å²) in [5.74, 6) is -0.676. The summed E-state index contributed by atoms with van der Waals surface area (Å²) in [6, 6.07) is 10.3. The molecule has 0 spiro atoms. The van der Waals surface area contributed by atoms with E-state index in [0.29, 0.717) is 56.1 Å². The molecule has 0 atom stereocenters. The number of aryl methyl sites for hydroxylation is 1. The summed E-state index contributed by atoms with van der Waals surface area (Å²) >= 11 is 3.18. The normalized spacial score (nSPS) is 14.6. The highest BCUT2D eigenvalue weighted by Crippen LogP contribution is 2.36. The van der Waals surface area contributed by atoms with Gasteiger partial charge in [-0.05, 0) is 53.4 Å². The standard InChI is InChI=1S/C29H27BrF6N4O2/c1-18-4-2-3-5-23(18)24-13-22(17-39-6-8-40(9-7-39)26(41)14-30)37-16-25(24)27(42)38-15-19-10-20(28(31,32)33)12-21(11-19)29(34,35)36/h2-5,10-13,16H,6-9,14-15,17H2,1H3,(H,38,42). The van der Waals surface area contributed by atoms with Gasteiger partial charge in [0.1, 0.15) is 0 Å². The lowest BCUT2D eigenvalue weighted by Gasteiger charge is -2.34. The van der Waals surface area contributed by atoms with Crippen LogP contribution in [0, 0.1) is 6.92 Å². The van der Waals surface area contributed by atoms with Gasteiger partial charge in [-0.2, -0.15) is 26.3 Å². The Labute approximate surface area is 246 Å². The second-order valence-electron chi connectivity index (χ2n) is 9.92. The Hall–Kier alpha value is -3.45. The van der Waals surface area contributed by atoms with Crippen LogP contribution < -0.4 is 5.32 Å². The number of hydrogen-bond donors (Lipinski definition) is 1. The Morgan fingerprint density at radius 2 is 1.52 bits per heavy atom. The van der Waals surface area contributed by atoms with E-state index in [0.717, 1.165) is 11.1 Å². The maximum Gasteiger partial charge on any atom is 0.416 e. The zero-order chi connectivity index (χ0) is 30.7. The minimum atomic E-state index is -4.99. The molecule has 0 aliphatic carbocycles. The Morgan fingerprint density at radius 3 is 2.10 bits per heavy atom. The highest BCUT2D eigenvalue weighted by atomic mass is 79.9. The van der Waals surface area contributed by atoms with Gasteiger partial charge in [0.05, 0.1) is 27.7 Å². The lowest BCUT2D eigenvalue weighted by atomic mass is 9.96. The number of carbonyl (C=O) groups excluding carboxylic acids is 2. The number of nitrogens with one attached hydrogen (secondary N) is 1. The number of hydrogen-bond acceptors (Lipinski definition) is 4. The first-order valence-electron chi connectivity index (χ1n) is 12.9. The van der Waals surface area contributed by atoms with E-state index in [9.17, 15) is 35.9 Å². The molecule has 1 fully saturated rings. The van der Waals surface area contributed by atoms with E-state index in [4.69, 9.17) is 0 Å². The molecule has 0 saturated carbocycles. The molecule has 224 valence electrons. The summed E-state index contributed by atoms with van der Waals surface area (Å²) in [6.07, 6.45) is -8.62. The van der Waals surface area contributed by atoms with Crippen LogP contribution in [0.25, 0.3) is 11.1 Å². The second-order valence-corrected chi connectivity index (χ2v) is 10.5. The van der Waals surface area contributed by atoms with Crippen molar-refractivity contribution in [3.63, 3.8) is 0 Å². The highest BCUT2D eigenvalue weighted by Gasteiger charge is 2.37. The molecule has 6 nitrogen and oxygen atoms in total. The predicted octanol–water partition coefficient (Wildman–Crippen LogP) is 6.06. The minimum absolute atomic E-state index is 0.0183. The van der Waals surface area contributed by atoms with Gasteiger partial charge in [-0.25, -0.2) is 0 Å². The molecule has 2 amide bonds. The Bertz CT molecular complexity index is 1420. The van der Waals surface area contributed by atoms with Gasteiger partial charge >= 0.3 is 12.4 Å². The zero-order valence-corrected chi connectivity index (χ0v) is 24.0. The van der Waals surface area contributed by atoms with Crippen LogP contribution >= 0.6 is 15.9 Å². The van der Waals surface area contributed by atoms with Crippen LogP contribution in [0.5, 0.6) is 0 Å². The van der Waals surface area contributed by atoms with Gasteiger partial charge < -0.3 is 10.2 Å². The SMILES string of the molecule is Cc1ccccc1-c1cc(CN2CCN(C(=O)CBr)CC2)ncc1C(=O)NCc1cc(C(F)(F)F)cc(C(F)(F)F)c1. The van der Waals surface area contributed by atoms with Crippen LogP contribution in [0.2, 0.25) is 0 Å². The first kappa shape index (κ1) is 31.5. The molecule has 1 N–H and O–H groups in total. The fraction of sp³-hybridized carbons (Fsp3) is 0.345. The molecule has 13 heteroatoms. The summed E-state index contributed by atoms with van der Waals surface area (Å²) in [4.78, 5) is 33.6. The first-order chi connectivity index (χ1) is 19.8. The minimum Gasteiger partial charge on any atom is -0.348 e. The zero-order valence-electron chi connectivity index (χ0n) is 22.4. The van der Waals surface area contributed by atoms with Crippen LogP contribution in [0.15, 0.2) is 54.7 Å². The van der Waals surface area contributed by atoms with Crippen molar-refractivity contribution in [3.05, 3.63) is 88.2 Å². The highest BCUT2D eigenvalue weighted by molar-refractivity contribution is 9.09. The summed E-state index contributed by atoms with van der Waals surface area (Å²) in [5.41, 5.74) is -0.331. The molecule has 2 aromatic carbocycles. The average Bonchev–Trinajstić information content (AvgIpc) is 2.95. The number of aromatic nitrogens is 1. The maximum atomic E-state index is 13.3. The van der Waals surface area contributed by atoms with Crippen molar-refractivity contribution in [2.75, 3.05) is 31.5 Å². The van der Waals surface area contributed by atoms with E-state index >= 15 is 0 Å². The smallest absolute Gasteiger partial charge is 0.348 e. The van der Waals surface area contributed by atoms with Crippen LogP contribution in [0.3, 0.4) is 0 Å². The summed E-state index contributed by atoms with van der Waals surface area (Å²) < 4.78 is 79.6. The number of pyridine rings is 1. The van der Waals surface area contributed by atoms with Gasteiger partial charge in [0.15, 0.2) is 0 Å². The van der Waals surface area contributed by atoms with Crippen LogP contribution in [-0.4, -0.2) is 58.1 Å². The van der Waals surface area contributed by atoms with E-state index in [1.807, 2.05) is 25.1 Å². The van der Waals surface area contributed by atoms with Crippen molar-refractivity contribution in [3.8, 4) is 11.1 Å². The molecule has 0 radical (unpaired) electrons. The van der Waals surface area contributed by atoms with Gasteiger partial charge in [0, 0.05) is 45.5 Å². The molecule has 42 heavy (non-hydrogen) atoms. The average molecular weight is 657 g/mol. The molecule has 1 aliphatic rings. The first-order valence-corrected chi connectivity index (χ1v) is 14.1. The Morgan fingerprint density at radius 1 is 0.905 bits per heavy atom. The van der Waals surface area contributed by atoms with E-state index < -0.39 is 35.9 Å². The Balaban J connectivity index is 1.58. The molecule has 1 aromatic heterocycles. The molecular weight excluding hydrogens is 630 g/mol. The third-order valence-corrected chi connectivity index (χ3v) is 7.45. The summed E-state index contributed by atoms with van der Waals surface area (Å²) in [5, 5.41) is 2.72. The number of alkyl halides is 7. The molecule has 0 bridgehead atoms. The van der Waals surface area contributed by atoms with Gasteiger partial charge in [0.25, 0.3) is 5.91 Å². The maximum absolute atomic E-state index is 13.3. The van der Waals surface area contributed by atoms with Crippen LogP contribution in [0.1, 0.15) is 38.3 Å². The quantitative estimate of drug-likeness (QED) is 0.248. The predicted molar refractivity (Wildman–Crippen MR) is 148 cm³/mol. The van der Waals surface area contributed by atoms with E-state index in [1.54, 1.807) is 17.0 Å². The number of halogens is 7. The second kappa shape index (κ2) is 12.8. The van der Waals surface area contributed by atoms with Crippen molar-refractivity contribution in [1.82, 2.24) is 20.1 Å². The van der Waals surface area contributed by atoms with Crippen molar-refractivity contribution in [2.45, 2.75) is 32.4 Å². The molecule has 3 aromatic rings. The fourth-order valence-corrected chi connectivity index (χ4v) is 5.09. The molecule has 4 rings (SSSR count). The fourth-order valence-electron chi connectivity index (χ4n) is 4.73. The number of rotatable bonds is 7.